The molecule has 0 bridgehead atoms. The number of amides is 1. The molecule has 0 aliphatic carbocycles. The van der Waals surface area contributed by atoms with Crippen LogP contribution in [0.2, 0.25) is 0 Å². The predicted octanol–water partition coefficient (Wildman–Crippen LogP) is 4.70. The van der Waals surface area contributed by atoms with Gasteiger partial charge in [0.15, 0.2) is 0 Å². The van der Waals surface area contributed by atoms with Crippen molar-refractivity contribution in [2.75, 3.05) is 14.2 Å². The highest BCUT2D eigenvalue weighted by Gasteiger charge is 2.46. The number of benzene rings is 2. The first kappa shape index (κ1) is 21.6. The first-order valence-corrected chi connectivity index (χ1v) is 10.9. The third-order valence-corrected chi connectivity index (χ3v) is 6.35. The van der Waals surface area contributed by atoms with Crippen LogP contribution >= 0.6 is 11.3 Å². The van der Waals surface area contributed by atoms with Crippen LogP contribution in [-0.2, 0) is 16.1 Å². The van der Waals surface area contributed by atoms with Gasteiger partial charge in [-0.25, -0.2) is 0 Å². The second-order valence-electron chi connectivity index (χ2n) is 7.48. The number of carbonyl (C=O) groups excluding carboxylic acids is 2. The lowest BCUT2D eigenvalue weighted by atomic mass is 9.94. The van der Waals surface area contributed by atoms with Crippen molar-refractivity contribution in [3.05, 3.63) is 87.1 Å². The minimum Gasteiger partial charge on any atom is -0.507 e. The summed E-state index contributed by atoms with van der Waals surface area (Å²) in [4.78, 5) is 28.7. The van der Waals surface area contributed by atoms with E-state index in [9.17, 15) is 14.7 Å². The van der Waals surface area contributed by atoms with Gasteiger partial charge in [-0.3, -0.25) is 9.59 Å². The van der Waals surface area contributed by atoms with Crippen LogP contribution < -0.4 is 9.47 Å². The maximum atomic E-state index is 13.2. The monoisotopic (exact) mass is 449 g/mol. The molecule has 1 atom stereocenters. The number of nitrogens with zero attached hydrogens (tertiary/aromatic N) is 1. The maximum Gasteiger partial charge on any atom is 0.295 e. The number of hydrogen-bond donors (Lipinski definition) is 1. The number of likely N-dealkylation sites (tertiary alicyclic amines) is 1. The van der Waals surface area contributed by atoms with Gasteiger partial charge in [0.2, 0.25) is 0 Å². The molecule has 3 aromatic rings. The summed E-state index contributed by atoms with van der Waals surface area (Å²) < 4.78 is 10.7. The normalized spacial score (nSPS) is 17.6. The van der Waals surface area contributed by atoms with Crippen LogP contribution in [0.4, 0.5) is 0 Å². The highest BCUT2D eigenvalue weighted by molar-refractivity contribution is 7.09. The van der Waals surface area contributed by atoms with E-state index in [1.54, 1.807) is 43.5 Å². The quantitative estimate of drug-likeness (QED) is 0.336. The minimum atomic E-state index is -0.742. The molecule has 2 heterocycles. The molecular weight excluding hydrogens is 426 g/mol. The number of Topliss-reactive ketones (excluding diaryl/α,β-unsaturated/α-hetero) is 1. The molecule has 0 spiro atoms. The summed E-state index contributed by atoms with van der Waals surface area (Å²) in [5, 5.41) is 13.2. The van der Waals surface area contributed by atoms with Crippen LogP contribution in [0.25, 0.3) is 5.76 Å². The smallest absolute Gasteiger partial charge is 0.295 e. The highest BCUT2D eigenvalue weighted by atomic mass is 32.1. The Morgan fingerprint density at radius 2 is 1.81 bits per heavy atom. The SMILES string of the molecule is COc1ccc(C2/C(=C(\O)c3cc(C)ccc3OC)C(=O)C(=O)N2Cc2cccs2)cc1. The molecule has 1 aromatic heterocycles. The number of hydrogen-bond acceptors (Lipinski definition) is 6. The Bertz CT molecular complexity index is 1180. The summed E-state index contributed by atoms with van der Waals surface area (Å²) in [6, 6.07) is 15.5. The van der Waals surface area contributed by atoms with E-state index in [4.69, 9.17) is 9.47 Å². The van der Waals surface area contributed by atoms with Gasteiger partial charge in [-0.1, -0.05) is 29.8 Å². The second kappa shape index (κ2) is 8.88. The molecule has 32 heavy (non-hydrogen) atoms. The highest BCUT2D eigenvalue weighted by Crippen LogP contribution is 2.42. The Morgan fingerprint density at radius 3 is 2.44 bits per heavy atom. The van der Waals surface area contributed by atoms with Crippen LogP contribution in [0.1, 0.15) is 27.6 Å². The lowest BCUT2D eigenvalue weighted by Gasteiger charge is -2.25. The van der Waals surface area contributed by atoms with Crippen LogP contribution in [-0.4, -0.2) is 35.9 Å². The van der Waals surface area contributed by atoms with Crippen molar-refractivity contribution in [2.24, 2.45) is 0 Å². The van der Waals surface area contributed by atoms with Crippen molar-refractivity contribution in [2.45, 2.75) is 19.5 Å². The van der Waals surface area contributed by atoms with Crippen molar-refractivity contribution in [3.63, 3.8) is 0 Å². The minimum absolute atomic E-state index is 0.0422. The van der Waals surface area contributed by atoms with Gasteiger partial charge in [-0.2, -0.15) is 0 Å². The zero-order valence-electron chi connectivity index (χ0n) is 18.0. The number of ketones is 1. The first-order chi connectivity index (χ1) is 15.4. The third kappa shape index (κ3) is 3.87. The summed E-state index contributed by atoms with van der Waals surface area (Å²) in [6.07, 6.45) is 0. The van der Waals surface area contributed by atoms with E-state index in [2.05, 4.69) is 0 Å². The van der Waals surface area contributed by atoms with Crippen LogP contribution in [0.15, 0.2) is 65.6 Å². The Balaban J connectivity index is 1.90. The first-order valence-electron chi connectivity index (χ1n) is 10.0. The van der Waals surface area contributed by atoms with Crippen LogP contribution in [0.5, 0.6) is 11.5 Å². The Hall–Kier alpha value is -3.58. The molecule has 1 fully saturated rings. The van der Waals surface area contributed by atoms with Crippen molar-refractivity contribution in [1.29, 1.82) is 0 Å². The molecule has 164 valence electrons. The van der Waals surface area contributed by atoms with Crippen molar-refractivity contribution in [1.82, 2.24) is 4.90 Å². The van der Waals surface area contributed by atoms with Crippen LogP contribution in [0.3, 0.4) is 0 Å². The van der Waals surface area contributed by atoms with Gasteiger partial charge in [0.05, 0.1) is 37.9 Å². The molecule has 1 saturated heterocycles. The summed E-state index contributed by atoms with van der Waals surface area (Å²) in [5.41, 5.74) is 2.01. The molecule has 2 aromatic carbocycles. The fraction of sp³-hybridized carbons (Fsp3) is 0.200. The van der Waals surface area contributed by atoms with Crippen molar-refractivity contribution in [3.8, 4) is 11.5 Å². The Kier molecular flexibility index (Phi) is 6.01. The molecule has 4 rings (SSSR count). The maximum absolute atomic E-state index is 13.2. The zero-order chi connectivity index (χ0) is 22.8. The van der Waals surface area contributed by atoms with Gasteiger partial charge in [-0.05, 0) is 48.2 Å². The lowest BCUT2D eigenvalue weighted by Crippen LogP contribution is -2.28. The fourth-order valence-corrected chi connectivity index (χ4v) is 4.60. The van der Waals surface area contributed by atoms with Gasteiger partial charge in [0.25, 0.3) is 11.7 Å². The molecule has 0 radical (unpaired) electrons. The number of methoxy groups -OCH3 is 2. The molecule has 1 aliphatic rings. The zero-order valence-corrected chi connectivity index (χ0v) is 18.8. The molecular formula is C25H23NO5S. The number of carbonyl (C=O) groups is 2. The van der Waals surface area contributed by atoms with E-state index in [1.807, 2.05) is 30.5 Å². The average Bonchev–Trinajstić information content (AvgIpc) is 3.41. The molecule has 1 amide bonds. The molecule has 1 aliphatic heterocycles. The molecule has 7 heteroatoms. The van der Waals surface area contributed by atoms with E-state index < -0.39 is 17.7 Å². The summed E-state index contributed by atoms with van der Waals surface area (Å²) >= 11 is 1.51. The Morgan fingerprint density at radius 1 is 1.06 bits per heavy atom. The number of rotatable bonds is 6. The number of aryl methyl sites for hydroxylation is 1. The topological polar surface area (TPSA) is 76.1 Å². The van der Waals surface area contributed by atoms with Gasteiger partial charge in [0.1, 0.15) is 17.3 Å². The van der Waals surface area contributed by atoms with Crippen molar-refractivity contribution < 1.29 is 24.2 Å². The average molecular weight is 450 g/mol. The van der Waals surface area contributed by atoms with Gasteiger partial charge >= 0.3 is 0 Å². The lowest BCUT2D eigenvalue weighted by molar-refractivity contribution is -0.140. The van der Waals surface area contributed by atoms with E-state index in [-0.39, 0.29) is 17.9 Å². The van der Waals surface area contributed by atoms with Crippen LogP contribution in [0, 0.1) is 6.92 Å². The summed E-state index contributed by atoms with van der Waals surface area (Å²) in [5.74, 6) is -0.537. The second-order valence-corrected chi connectivity index (χ2v) is 8.52. The summed E-state index contributed by atoms with van der Waals surface area (Å²) in [7, 11) is 3.07. The van der Waals surface area contributed by atoms with Crippen molar-refractivity contribution >= 4 is 28.8 Å². The Labute approximate surface area is 190 Å². The number of ether oxygens (including phenoxy) is 2. The number of aliphatic hydroxyl groups excluding tert-OH is 1. The summed E-state index contributed by atoms with van der Waals surface area (Å²) in [6.45, 7) is 2.15. The van der Waals surface area contributed by atoms with E-state index >= 15 is 0 Å². The molecule has 1 N–H and O–H groups in total. The van der Waals surface area contributed by atoms with E-state index in [0.717, 1.165) is 10.4 Å². The molecule has 0 saturated carbocycles. The van der Waals surface area contributed by atoms with E-state index in [1.165, 1.54) is 23.3 Å². The van der Waals surface area contributed by atoms with Gasteiger partial charge in [0, 0.05) is 4.88 Å². The van der Waals surface area contributed by atoms with Gasteiger partial charge < -0.3 is 19.5 Å². The van der Waals surface area contributed by atoms with Gasteiger partial charge in [-0.15, -0.1) is 11.3 Å². The predicted molar refractivity (Wildman–Crippen MR) is 123 cm³/mol. The molecule has 6 nitrogen and oxygen atoms in total. The fourth-order valence-electron chi connectivity index (χ4n) is 3.90. The molecule has 1 unspecified atom stereocenters. The third-order valence-electron chi connectivity index (χ3n) is 5.49. The standard InChI is InChI=1S/C25H23NO5S/c1-15-6-11-20(31-3)19(13-15)23(27)21-22(16-7-9-17(30-2)10-8-16)26(25(29)24(21)28)14-18-5-4-12-32-18/h4-13,22,27H,14H2,1-3H3/b23-21+. The number of thiophene rings is 1. The van der Waals surface area contributed by atoms with E-state index in [0.29, 0.717) is 22.6 Å². The number of aliphatic hydroxyl groups is 1. The largest absolute Gasteiger partial charge is 0.507 e.